The summed E-state index contributed by atoms with van der Waals surface area (Å²) in [6, 6.07) is 1.89. The predicted octanol–water partition coefficient (Wildman–Crippen LogP) is 2.97. The summed E-state index contributed by atoms with van der Waals surface area (Å²) in [6.45, 7) is 9.12. The number of nitrogens with zero attached hydrogens (tertiary/aromatic N) is 4. The molecule has 0 saturated carbocycles. The summed E-state index contributed by atoms with van der Waals surface area (Å²) in [7, 11) is 0. The highest BCUT2D eigenvalue weighted by Crippen LogP contribution is 2.41. The number of likely N-dealkylation sites (tertiary alicyclic amines) is 1. The van der Waals surface area contributed by atoms with Gasteiger partial charge in [-0.1, -0.05) is 0 Å². The number of hydrogen-bond donors (Lipinski definition) is 0. The van der Waals surface area contributed by atoms with Crippen LogP contribution in [0.25, 0.3) is 0 Å². The van der Waals surface area contributed by atoms with Crippen LogP contribution in [0.4, 0.5) is 10.6 Å². The van der Waals surface area contributed by atoms with Gasteiger partial charge < -0.3 is 14.5 Å². The second-order valence-electron chi connectivity index (χ2n) is 7.51. The molecule has 3 rings (SSSR count). The summed E-state index contributed by atoms with van der Waals surface area (Å²) in [5.41, 5.74) is -0.195. The van der Waals surface area contributed by atoms with Crippen LogP contribution in [0.3, 0.4) is 0 Å². The fourth-order valence-electron chi connectivity index (χ4n) is 3.25. The molecular formula is C16H23ClN4O2. The number of halogens is 1. The van der Waals surface area contributed by atoms with Crippen molar-refractivity contribution in [1.82, 2.24) is 14.9 Å². The first-order valence-electron chi connectivity index (χ1n) is 7.98. The Morgan fingerprint density at radius 3 is 2.52 bits per heavy atom. The Morgan fingerprint density at radius 2 is 1.96 bits per heavy atom. The van der Waals surface area contributed by atoms with Crippen LogP contribution < -0.4 is 4.90 Å². The van der Waals surface area contributed by atoms with Crippen molar-refractivity contribution in [3.05, 3.63) is 17.5 Å². The minimum atomic E-state index is -0.435. The van der Waals surface area contributed by atoms with Crippen molar-refractivity contribution in [2.45, 2.75) is 39.2 Å². The summed E-state index contributed by atoms with van der Waals surface area (Å²) in [6.07, 6.45) is 3.58. The summed E-state index contributed by atoms with van der Waals surface area (Å²) in [5.74, 6) is 0.878. The van der Waals surface area contributed by atoms with E-state index in [9.17, 15) is 4.79 Å². The number of anilines is 1. The number of aromatic nitrogens is 2. The third-order valence-electron chi connectivity index (χ3n) is 4.46. The van der Waals surface area contributed by atoms with Gasteiger partial charge in [0.15, 0.2) is 0 Å². The van der Waals surface area contributed by atoms with Gasteiger partial charge in [0.25, 0.3) is 0 Å². The molecule has 1 aromatic rings. The van der Waals surface area contributed by atoms with Gasteiger partial charge in [-0.3, -0.25) is 0 Å². The highest BCUT2D eigenvalue weighted by molar-refractivity contribution is 6.28. The zero-order valence-electron chi connectivity index (χ0n) is 13.9. The van der Waals surface area contributed by atoms with Gasteiger partial charge in [-0.25, -0.2) is 14.8 Å². The number of hydrogen-bond acceptors (Lipinski definition) is 5. The summed E-state index contributed by atoms with van der Waals surface area (Å²) >= 11 is 5.86. The van der Waals surface area contributed by atoms with E-state index in [1.165, 1.54) is 0 Å². The first-order chi connectivity index (χ1) is 10.8. The predicted molar refractivity (Wildman–Crippen MR) is 88.7 cm³/mol. The number of rotatable bonds is 1. The van der Waals surface area contributed by atoms with E-state index in [0.717, 1.165) is 44.8 Å². The minimum absolute atomic E-state index is 0.201. The monoisotopic (exact) mass is 338 g/mol. The molecule has 0 aromatic carbocycles. The van der Waals surface area contributed by atoms with E-state index in [2.05, 4.69) is 14.9 Å². The van der Waals surface area contributed by atoms with Crippen molar-refractivity contribution in [1.29, 1.82) is 0 Å². The average molecular weight is 339 g/mol. The van der Waals surface area contributed by atoms with Crippen LogP contribution in [0.1, 0.15) is 33.6 Å². The molecule has 0 radical (unpaired) electrons. The van der Waals surface area contributed by atoms with E-state index in [4.69, 9.17) is 16.3 Å². The Bertz CT molecular complexity index is 586. The van der Waals surface area contributed by atoms with Gasteiger partial charge in [0.1, 0.15) is 11.4 Å². The third kappa shape index (κ3) is 3.68. The van der Waals surface area contributed by atoms with Gasteiger partial charge in [-0.15, -0.1) is 0 Å². The van der Waals surface area contributed by atoms with Crippen molar-refractivity contribution in [3.8, 4) is 0 Å². The van der Waals surface area contributed by atoms with Crippen LogP contribution in [0.2, 0.25) is 5.28 Å². The van der Waals surface area contributed by atoms with Gasteiger partial charge in [0, 0.05) is 37.8 Å². The lowest BCUT2D eigenvalue weighted by atomic mass is 9.72. The molecule has 2 aliphatic rings. The Labute approximate surface area is 141 Å². The lowest BCUT2D eigenvalue weighted by Gasteiger charge is -2.53. The molecule has 3 heterocycles. The molecule has 23 heavy (non-hydrogen) atoms. The molecule has 7 heteroatoms. The topological polar surface area (TPSA) is 58.6 Å². The zero-order valence-corrected chi connectivity index (χ0v) is 14.6. The smallest absolute Gasteiger partial charge is 0.410 e. The van der Waals surface area contributed by atoms with E-state index in [1.54, 1.807) is 6.20 Å². The number of piperidine rings is 1. The molecule has 1 aromatic heterocycles. The van der Waals surface area contributed by atoms with E-state index in [0.29, 0.717) is 0 Å². The number of amides is 1. The number of carbonyl (C=O) groups is 1. The van der Waals surface area contributed by atoms with E-state index in [-0.39, 0.29) is 16.8 Å². The first kappa shape index (κ1) is 16.3. The Balaban J connectivity index is 1.52. The van der Waals surface area contributed by atoms with E-state index in [1.807, 2.05) is 31.7 Å². The third-order valence-corrected chi connectivity index (χ3v) is 4.65. The second kappa shape index (κ2) is 5.82. The van der Waals surface area contributed by atoms with Crippen LogP contribution in [0.5, 0.6) is 0 Å². The van der Waals surface area contributed by atoms with Gasteiger partial charge in [-0.2, -0.15) is 0 Å². The normalized spacial score (nSPS) is 20.3. The first-order valence-corrected chi connectivity index (χ1v) is 8.36. The van der Waals surface area contributed by atoms with Gasteiger partial charge in [0.05, 0.1) is 0 Å². The number of carbonyl (C=O) groups excluding carboxylic acids is 1. The average Bonchev–Trinajstić information content (AvgIpc) is 2.43. The molecule has 2 saturated heterocycles. The summed E-state index contributed by atoms with van der Waals surface area (Å²) in [4.78, 5) is 24.3. The maximum absolute atomic E-state index is 12.1. The van der Waals surface area contributed by atoms with Crippen LogP contribution in [-0.4, -0.2) is 52.7 Å². The second-order valence-corrected chi connectivity index (χ2v) is 7.85. The summed E-state index contributed by atoms with van der Waals surface area (Å²) < 4.78 is 5.42. The maximum Gasteiger partial charge on any atom is 0.410 e. The van der Waals surface area contributed by atoms with Crippen molar-refractivity contribution in [2.75, 3.05) is 31.1 Å². The standard InChI is InChI=1S/C16H23ClN4O2/c1-15(2,3)23-14(22)21-10-16(11-21)5-8-20(9-6-16)12-4-7-18-13(17)19-12/h4,7H,5-6,8-11H2,1-3H3. The lowest BCUT2D eigenvalue weighted by Crippen LogP contribution is -2.62. The molecule has 0 atom stereocenters. The SMILES string of the molecule is CC(C)(C)OC(=O)N1CC2(CCN(c3ccnc(Cl)n3)CC2)C1. The molecule has 1 spiro atoms. The molecule has 0 unspecified atom stereocenters. The Hall–Kier alpha value is -1.56. The zero-order chi connectivity index (χ0) is 16.7. The fourth-order valence-corrected chi connectivity index (χ4v) is 3.39. The minimum Gasteiger partial charge on any atom is -0.444 e. The lowest BCUT2D eigenvalue weighted by molar-refractivity contribution is -0.0434. The van der Waals surface area contributed by atoms with Crippen molar-refractivity contribution >= 4 is 23.5 Å². The van der Waals surface area contributed by atoms with Crippen molar-refractivity contribution in [3.63, 3.8) is 0 Å². The van der Waals surface area contributed by atoms with Crippen molar-refractivity contribution < 1.29 is 9.53 Å². The Morgan fingerprint density at radius 1 is 1.30 bits per heavy atom. The molecule has 1 amide bonds. The van der Waals surface area contributed by atoms with E-state index >= 15 is 0 Å². The largest absolute Gasteiger partial charge is 0.444 e. The molecule has 2 fully saturated rings. The van der Waals surface area contributed by atoms with Crippen LogP contribution in [0, 0.1) is 5.41 Å². The summed E-state index contributed by atoms with van der Waals surface area (Å²) in [5, 5.41) is 0.280. The molecule has 2 aliphatic heterocycles. The quantitative estimate of drug-likeness (QED) is 0.737. The molecule has 0 N–H and O–H groups in total. The molecular weight excluding hydrogens is 316 g/mol. The Kier molecular flexibility index (Phi) is 4.12. The molecule has 6 nitrogen and oxygen atoms in total. The highest BCUT2D eigenvalue weighted by atomic mass is 35.5. The van der Waals surface area contributed by atoms with Gasteiger partial charge >= 0.3 is 6.09 Å². The maximum atomic E-state index is 12.1. The van der Waals surface area contributed by atoms with E-state index < -0.39 is 5.60 Å². The van der Waals surface area contributed by atoms with Gasteiger partial charge in [-0.05, 0) is 51.3 Å². The number of ether oxygens (including phenoxy) is 1. The van der Waals surface area contributed by atoms with Crippen molar-refractivity contribution in [2.24, 2.45) is 5.41 Å². The highest BCUT2D eigenvalue weighted by Gasteiger charge is 2.47. The van der Waals surface area contributed by atoms with Crippen LogP contribution in [0.15, 0.2) is 12.3 Å². The molecule has 0 bridgehead atoms. The van der Waals surface area contributed by atoms with Gasteiger partial charge in [0.2, 0.25) is 5.28 Å². The van der Waals surface area contributed by atoms with Crippen LogP contribution in [-0.2, 0) is 4.74 Å². The van der Waals surface area contributed by atoms with Crippen LogP contribution >= 0.6 is 11.6 Å². The molecule has 0 aliphatic carbocycles. The fraction of sp³-hybridized carbons (Fsp3) is 0.688. The molecule has 126 valence electrons.